The molecule has 2 aromatic rings. The number of amides is 1. The molecule has 0 saturated heterocycles. The third kappa shape index (κ3) is 5.94. The molecule has 0 aliphatic heterocycles. The summed E-state index contributed by atoms with van der Waals surface area (Å²) >= 11 is 3.36. The van der Waals surface area contributed by atoms with Crippen LogP contribution in [0.2, 0.25) is 0 Å². The number of ether oxygens (including phenoxy) is 1. The van der Waals surface area contributed by atoms with Gasteiger partial charge in [0, 0.05) is 21.9 Å². The molecular formula is C18H21BrN2O2. The number of anilines is 2. The average molecular weight is 377 g/mol. The van der Waals surface area contributed by atoms with Crippen LogP contribution in [0.1, 0.15) is 20.3 Å². The van der Waals surface area contributed by atoms with Crippen LogP contribution in [0.25, 0.3) is 0 Å². The molecule has 23 heavy (non-hydrogen) atoms. The lowest BCUT2D eigenvalue weighted by molar-refractivity contribution is -0.114. The van der Waals surface area contributed by atoms with Crippen molar-refractivity contribution in [3.05, 3.63) is 53.0 Å². The van der Waals surface area contributed by atoms with Crippen molar-refractivity contribution in [3.63, 3.8) is 0 Å². The molecule has 0 aliphatic rings. The van der Waals surface area contributed by atoms with Gasteiger partial charge >= 0.3 is 0 Å². The minimum absolute atomic E-state index is 0.0967. The Labute approximate surface area is 145 Å². The van der Waals surface area contributed by atoms with E-state index in [2.05, 4.69) is 33.5 Å². The molecule has 2 rings (SSSR count). The zero-order chi connectivity index (χ0) is 16.7. The molecule has 0 aromatic heterocycles. The van der Waals surface area contributed by atoms with Crippen LogP contribution in [0.3, 0.4) is 0 Å². The molecular weight excluding hydrogens is 356 g/mol. The SMILES string of the molecule is CCC(C)Oc1cccc(NCC(=O)Nc2ccc(Br)cc2)c1. The maximum absolute atomic E-state index is 12.0. The largest absolute Gasteiger partial charge is 0.491 e. The van der Waals surface area contributed by atoms with Crippen molar-refractivity contribution in [3.8, 4) is 5.75 Å². The molecule has 0 radical (unpaired) electrons. The fourth-order valence-electron chi connectivity index (χ4n) is 1.92. The van der Waals surface area contributed by atoms with E-state index in [0.29, 0.717) is 0 Å². The van der Waals surface area contributed by atoms with Gasteiger partial charge in [0.2, 0.25) is 5.91 Å². The van der Waals surface area contributed by atoms with Gasteiger partial charge in [-0.2, -0.15) is 0 Å². The predicted octanol–water partition coefficient (Wildman–Crippen LogP) is 4.68. The van der Waals surface area contributed by atoms with E-state index >= 15 is 0 Å². The number of carbonyl (C=O) groups excluding carboxylic acids is 1. The zero-order valence-electron chi connectivity index (χ0n) is 13.3. The van der Waals surface area contributed by atoms with Gasteiger partial charge in [-0.05, 0) is 49.7 Å². The van der Waals surface area contributed by atoms with E-state index in [-0.39, 0.29) is 18.6 Å². The monoisotopic (exact) mass is 376 g/mol. The highest BCUT2D eigenvalue weighted by atomic mass is 79.9. The topological polar surface area (TPSA) is 50.4 Å². The van der Waals surface area contributed by atoms with E-state index in [4.69, 9.17) is 4.74 Å². The van der Waals surface area contributed by atoms with Gasteiger partial charge in [0.15, 0.2) is 0 Å². The molecule has 2 aromatic carbocycles. The van der Waals surface area contributed by atoms with Gasteiger partial charge in [-0.1, -0.05) is 28.9 Å². The second-order valence-corrected chi connectivity index (χ2v) is 6.19. The third-order valence-corrected chi connectivity index (χ3v) is 3.86. The molecule has 1 atom stereocenters. The first-order valence-electron chi connectivity index (χ1n) is 7.63. The molecule has 0 spiro atoms. The minimum atomic E-state index is -0.0967. The molecule has 1 unspecified atom stereocenters. The van der Waals surface area contributed by atoms with Gasteiger partial charge < -0.3 is 15.4 Å². The quantitative estimate of drug-likeness (QED) is 0.737. The molecule has 0 fully saturated rings. The third-order valence-electron chi connectivity index (χ3n) is 3.33. The number of rotatable bonds is 7. The highest BCUT2D eigenvalue weighted by Crippen LogP contribution is 2.19. The normalized spacial score (nSPS) is 11.6. The van der Waals surface area contributed by atoms with Crippen LogP contribution < -0.4 is 15.4 Å². The maximum Gasteiger partial charge on any atom is 0.243 e. The summed E-state index contributed by atoms with van der Waals surface area (Å²) in [5, 5.41) is 5.95. The standard InChI is InChI=1S/C18H21BrN2O2/c1-3-13(2)23-17-6-4-5-16(11-17)20-12-18(22)21-15-9-7-14(19)8-10-15/h4-11,13,20H,3,12H2,1-2H3,(H,21,22). The average Bonchev–Trinajstić information content (AvgIpc) is 2.55. The first kappa shape index (κ1) is 17.3. The number of hydrogen-bond donors (Lipinski definition) is 2. The number of hydrogen-bond acceptors (Lipinski definition) is 3. The Morgan fingerprint density at radius 1 is 1.17 bits per heavy atom. The molecule has 5 heteroatoms. The van der Waals surface area contributed by atoms with Crippen LogP contribution in [0.5, 0.6) is 5.75 Å². The summed E-state index contributed by atoms with van der Waals surface area (Å²) in [5.74, 6) is 0.707. The number of benzene rings is 2. The predicted molar refractivity (Wildman–Crippen MR) is 98.1 cm³/mol. The van der Waals surface area contributed by atoms with Crippen molar-refractivity contribution < 1.29 is 9.53 Å². The lowest BCUT2D eigenvalue weighted by Gasteiger charge is -2.14. The molecule has 4 nitrogen and oxygen atoms in total. The van der Waals surface area contributed by atoms with Gasteiger partial charge in [-0.25, -0.2) is 0 Å². The summed E-state index contributed by atoms with van der Waals surface area (Å²) in [6.45, 7) is 4.31. The fraction of sp³-hybridized carbons (Fsp3) is 0.278. The lowest BCUT2D eigenvalue weighted by atomic mass is 10.2. The van der Waals surface area contributed by atoms with Crippen molar-refractivity contribution >= 4 is 33.2 Å². The maximum atomic E-state index is 12.0. The summed E-state index contributed by atoms with van der Waals surface area (Å²) in [6, 6.07) is 15.1. The molecule has 0 heterocycles. The van der Waals surface area contributed by atoms with Crippen LogP contribution >= 0.6 is 15.9 Å². The van der Waals surface area contributed by atoms with Crippen molar-refractivity contribution in [1.29, 1.82) is 0 Å². The Hall–Kier alpha value is -2.01. The van der Waals surface area contributed by atoms with E-state index < -0.39 is 0 Å². The zero-order valence-corrected chi connectivity index (χ0v) is 14.9. The van der Waals surface area contributed by atoms with Crippen molar-refractivity contribution in [2.75, 3.05) is 17.2 Å². The van der Waals surface area contributed by atoms with Crippen LogP contribution in [0, 0.1) is 0 Å². The van der Waals surface area contributed by atoms with E-state index in [1.807, 2.05) is 55.5 Å². The van der Waals surface area contributed by atoms with Gasteiger partial charge in [0.05, 0.1) is 12.6 Å². The fourth-order valence-corrected chi connectivity index (χ4v) is 2.18. The smallest absolute Gasteiger partial charge is 0.243 e. The Balaban J connectivity index is 1.86. The summed E-state index contributed by atoms with van der Waals surface area (Å²) < 4.78 is 6.75. The second-order valence-electron chi connectivity index (χ2n) is 5.27. The van der Waals surface area contributed by atoms with Crippen LogP contribution in [0.15, 0.2) is 53.0 Å². The number of nitrogens with one attached hydrogen (secondary N) is 2. The van der Waals surface area contributed by atoms with Crippen molar-refractivity contribution in [2.45, 2.75) is 26.4 Å². The minimum Gasteiger partial charge on any atom is -0.491 e. The highest BCUT2D eigenvalue weighted by Gasteiger charge is 2.05. The molecule has 2 N–H and O–H groups in total. The van der Waals surface area contributed by atoms with Gasteiger partial charge in [0.1, 0.15) is 5.75 Å². The Bertz CT molecular complexity index is 644. The second kappa shape index (κ2) is 8.58. The van der Waals surface area contributed by atoms with Crippen LogP contribution in [0.4, 0.5) is 11.4 Å². The van der Waals surface area contributed by atoms with Gasteiger partial charge in [-0.15, -0.1) is 0 Å². The van der Waals surface area contributed by atoms with Crippen LogP contribution in [-0.4, -0.2) is 18.6 Å². The van der Waals surface area contributed by atoms with Crippen molar-refractivity contribution in [1.82, 2.24) is 0 Å². The van der Waals surface area contributed by atoms with Gasteiger partial charge in [0.25, 0.3) is 0 Å². The summed E-state index contributed by atoms with van der Waals surface area (Å²) in [4.78, 5) is 12.0. The summed E-state index contributed by atoms with van der Waals surface area (Å²) in [7, 11) is 0. The Morgan fingerprint density at radius 3 is 2.61 bits per heavy atom. The Kier molecular flexibility index (Phi) is 6.47. The summed E-state index contributed by atoms with van der Waals surface area (Å²) in [6.07, 6.45) is 1.12. The molecule has 122 valence electrons. The lowest BCUT2D eigenvalue weighted by Crippen LogP contribution is -2.21. The Morgan fingerprint density at radius 2 is 1.91 bits per heavy atom. The number of carbonyl (C=O) groups is 1. The molecule has 0 bridgehead atoms. The van der Waals surface area contributed by atoms with E-state index in [0.717, 1.165) is 28.0 Å². The van der Waals surface area contributed by atoms with E-state index in [1.54, 1.807) is 0 Å². The molecule has 0 saturated carbocycles. The van der Waals surface area contributed by atoms with E-state index in [1.165, 1.54) is 0 Å². The van der Waals surface area contributed by atoms with Crippen LogP contribution in [-0.2, 0) is 4.79 Å². The molecule has 1 amide bonds. The highest BCUT2D eigenvalue weighted by molar-refractivity contribution is 9.10. The van der Waals surface area contributed by atoms with Gasteiger partial charge in [-0.3, -0.25) is 4.79 Å². The van der Waals surface area contributed by atoms with Crippen molar-refractivity contribution in [2.24, 2.45) is 0 Å². The first-order chi connectivity index (χ1) is 11.1. The first-order valence-corrected chi connectivity index (χ1v) is 8.42. The number of halogens is 1. The molecule has 0 aliphatic carbocycles. The summed E-state index contributed by atoms with van der Waals surface area (Å²) in [5.41, 5.74) is 1.63. The van der Waals surface area contributed by atoms with E-state index in [9.17, 15) is 4.79 Å².